The second kappa shape index (κ2) is 6.89. The molecule has 0 aromatic heterocycles. The SMILES string of the molecule is CCC(NCCC(=O)NCC(C)C)C1CC1. The molecule has 0 saturated heterocycles. The van der Waals surface area contributed by atoms with Crippen LogP contribution in [-0.4, -0.2) is 25.0 Å². The molecular formula is C13H26N2O. The Labute approximate surface area is 99.4 Å². The van der Waals surface area contributed by atoms with Gasteiger partial charge in [-0.15, -0.1) is 0 Å². The summed E-state index contributed by atoms with van der Waals surface area (Å²) in [6.45, 7) is 8.05. The number of nitrogens with one attached hydrogen (secondary N) is 2. The van der Waals surface area contributed by atoms with E-state index in [4.69, 9.17) is 0 Å². The highest BCUT2D eigenvalue weighted by Gasteiger charge is 2.29. The Bertz CT molecular complexity index is 212. The first-order valence-corrected chi connectivity index (χ1v) is 6.63. The molecule has 0 radical (unpaired) electrons. The summed E-state index contributed by atoms with van der Waals surface area (Å²) in [6.07, 6.45) is 4.52. The van der Waals surface area contributed by atoms with Gasteiger partial charge in [-0.25, -0.2) is 0 Å². The van der Waals surface area contributed by atoms with Gasteiger partial charge in [-0.1, -0.05) is 20.8 Å². The van der Waals surface area contributed by atoms with E-state index in [1.165, 1.54) is 19.3 Å². The lowest BCUT2D eigenvalue weighted by Crippen LogP contribution is -2.35. The predicted octanol–water partition coefficient (Wildman–Crippen LogP) is 1.93. The first-order chi connectivity index (χ1) is 7.63. The molecule has 0 heterocycles. The summed E-state index contributed by atoms with van der Waals surface area (Å²) < 4.78 is 0. The third-order valence-corrected chi connectivity index (χ3v) is 3.10. The quantitative estimate of drug-likeness (QED) is 0.664. The van der Waals surface area contributed by atoms with Gasteiger partial charge in [0.15, 0.2) is 0 Å². The van der Waals surface area contributed by atoms with Gasteiger partial charge >= 0.3 is 0 Å². The lowest BCUT2D eigenvalue weighted by Gasteiger charge is -2.16. The number of amides is 1. The van der Waals surface area contributed by atoms with E-state index >= 15 is 0 Å². The Kier molecular flexibility index (Phi) is 5.81. The van der Waals surface area contributed by atoms with Crippen LogP contribution < -0.4 is 10.6 Å². The number of carbonyl (C=O) groups is 1. The Morgan fingerprint density at radius 3 is 2.56 bits per heavy atom. The highest BCUT2D eigenvalue weighted by atomic mass is 16.1. The molecular weight excluding hydrogens is 200 g/mol. The third-order valence-electron chi connectivity index (χ3n) is 3.10. The molecule has 0 aromatic carbocycles. The minimum atomic E-state index is 0.173. The maximum Gasteiger partial charge on any atom is 0.221 e. The number of hydrogen-bond donors (Lipinski definition) is 2. The summed E-state index contributed by atoms with van der Waals surface area (Å²) in [4.78, 5) is 11.5. The molecule has 0 spiro atoms. The van der Waals surface area contributed by atoms with Crippen LogP contribution in [0.25, 0.3) is 0 Å². The normalized spacial score (nSPS) is 17.5. The van der Waals surface area contributed by atoms with Crippen LogP contribution in [0.5, 0.6) is 0 Å². The van der Waals surface area contributed by atoms with Gasteiger partial charge in [0.1, 0.15) is 0 Å². The van der Waals surface area contributed by atoms with Crippen molar-refractivity contribution in [1.29, 1.82) is 0 Å². The van der Waals surface area contributed by atoms with Crippen LogP contribution in [0.15, 0.2) is 0 Å². The van der Waals surface area contributed by atoms with E-state index in [0.717, 1.165) is 19.0 Å². The Hall–Kier alpha value is -0.570. The van der Waals surface area contributed by atoms with E-state index in [9.17, 15) is 4.79 Å². The van der Waals surface area contributed by atoms with Crippen molar-refractivity contribution < 1.29 is 4.79 Å². The molecule has 1 rings (SSSR count). The van der Waals surface area contributed by atoms with Gasteiger partial charge < -0.3 is 10.6 Å². The van der Waals surface area contributed by atoms with Crippen molar-refractivity contribution in [2.24, 2.45) is 11.8 Å². The molecule has 0 aliphatic heterocycles. The molecule has 1 fully saturated rings. The van der Waals surface area contributed by atoms with Crippen LogP contribution in [-0.2, 0) is 4.79 Å². The van der Waals surface area contributed by atoms with Gasteiger partial charge in [0, 0.05) is 25.6 Å². The molecule has 2 N–H and O–H groups in total. The average molecular weight is 226 g/mol. The number of hydrogen-bond acceptors (Lipinski definition) is 2. The largest absolute Gasteiger partial charge is 0.356 e. The molecule has 1 saturated carbocycles. The van der Waals surface area contributed by atoms with Crippen molar-refractivity contribution in [3.8, 4) is 0 Å². The zero-order chi connectivity index (χ0) is 12.0. The Morgan fingerprint density at radius 2 is 2.06 bits per heavy atom. The minimum absolute atomic E-state index is 0.173. The van der Waals surface area contributed by atoms with Crippen LogP contribution in [0.2, 0.25) is 0 Å². The molecule has 16 heavy (non-hydrogen) atoms. The van der Waals surface area contributed by atoms with Gasteiger partial charge in [0.25, 0.3) is 0 Å². The molecule has 94 valence electrons. The van der Waals surface area contributed by atoms with Gasteiger partial charge in [0.2, 0.25) is 5.91 Å². The summed E-state index contributed by atoms with van der Waals surface area (Å²) in [6, 6.07) is 0.637. The summed E-state index contributed by atoms with van der Waals surface area (Å²) in [7, 11) is 0. The monoisotopic (exact) mass is 226 g/mol. The maximum atomic E-state index is 11.5. The van der Waals surface area contributed by atoms with Gasteiger partial charge in [-0.05, 0) is 31.1 Å². The topological polar surface area (TPSA) is 41.1 Å². The highest BCUT2D eigenvalue weighted by Crippen LogP contribution is 2.33. The second-order valence-corrected chi connectivity index (χ2v) is 5.25. The fourth-order valence-corrected chi connectivity index (χ4v) is 1.92. The van der Waals surface area contributed by atoms with Gasteiger partial charge in [-0.2, -0.15) is 0 Å². The van der Waals surface area contributed by atoms with Crippen molar-refractivity contribution in [1.82, 2.24) is 10.6 Å². The van der Waals surface area contributed by atoms with E-state index in [2.05, 4.69) is 31.4 Å². The zero-order valence-electron chi connectivity index (χ0n) is 10.9. The van der Waals surface area contributed by atoms with E-state index in [0.29, 0.717) is 18.4 Å². The second-order valence-electron chi connectivity index (χ2n) is 5.25. The third kappa shape index (κ3) is 5.50. The van der Waals surface area contributed by atoms with Crippen molar-refractivity contribution in [2.75, 3.05) is 13.1 Å². The van der Waals surface area contributed by atoms with Crippen molar-refractivity contribution in [2.45, 2.75) is 52.5 Å². The Balaban J connectivity index is 2.02. The summed E-state index contributed by atoms with van der Waals surface area (Å²) in [5.74, 6) is 1.59. The van der Waals surface area contributed by atoms with Crippen LogP contribution in [0.3, 0.4) is 0 Å². The van der Waals surface area contributed by atoms with Gasteiger partial charge in [-0.3, -0.25) is 4.79 Å². The molecule has 1 unspecified atom stereocenters. The van der Waals surface area contributed by atoms with Crippen molar-refractivity contribution >= 4 is 5.91 Å². The summed E-state index contributed by atoms with van der Waals surface area (Å²) in [5.41, 5.74) is 0. The smallest absolute Gasteiger partial charge is 0.221 e. The lowest BCUT2D eigenvalue weighted by atomic mass is 10.1. The van der Waals surface area contributed by atoms with Crippen LogP contribution >= 0.6 is 0 Å². The fraction of sp³-hybridized carbons (Fsp3) is 0.923. The van der Waals surface area contributed by atoms with Gasteiger partial charge in [0.05, 0.1) is 0 Å². The first kappa shape index (κ1) is 13.5. The lowest BCUT2D eigenvalue weighted by molar-refractivity contribution is -0.121. The van der Waals surface area contributed by atoms with Crippen LogP contribution in [0, 0.1) is 11.8 Å². The summed E-state index contributed by atoms with van der Waals surface area (Å²) in [5, 5.41) is 6.43. The first-order valence-electron chi connectivity index (χ1n) is 6.63. The van der Waals surface area contributed by atoms with Crippen LogP contribution in [0.1, 0.15) is 46.5 Å². The number of carbonyl (C=O) groups excluding carboxylic acids is 1. The van der Waals surface area contributed by atoms with E-state index in [-0.39, 0.29) is 5.91 Å². The molecule has 1 aliphatic rings. The van der Waals surface area contributed by atoms with E-state index in [1.54, 1.807) is 0 Å². The van der Waals surface area contributed by atoms with Crippen LogP contribution in [0.4, 0.5) is 0 Å². The molecule has 3 nitrogen and oxygen atoms in total. The maximum absolute atomic E-state index is 11.5. The minimum Gasteiger partial charge on any atom is -0.356 e. The van der Waals surface area contributed by atoms with E-state index in [1.807, 2.05) is 0 Å². The fourth-order valence-electron chi connectivity index (χ4n) is 1.92. The van der Waals surface area contributed by atoms with Crippen molar-refractivity contribution in [3.63, 3.8) is 0 Å². The number of rotatable bonds is 8. The van der Waals surface area contributed by atoms with Crippen molar-refractivity contribution in [3.05, 3.63) is 0 Å². The predicted molar refractivity (Wildman–Crippen MR) is 67.3 cm³/mol. The Morgan fingerprint density at radius 1 is 1.38 bits per heavy atom. The molecule has 1 aliphatic carbocycles. The molecule has 0 aromatic rings. The van der Waals surface area contributed by atoms with E-state index < -0.39 is 0 Å². The standard InChI is InChI=1S/C13H26N2O/c1-4-12(11-5-6-11)14-8-7-13(16)15-9-10(2)3/h10-12,14H,4-9H2,1-3H3,(H,15,16). The summed E-state index contributed by atoms with van der Waals surface area (Å²) >= 11 is 0. The molecule has 3 heteroatoms. The average Bonchev–Trinajstić information content (AvgIpc) is 3.05. The molecule has 1 atom stereocenters. The zero-order valence-corrected chi connectivity index (χ0v) is 10.9. The molecule has 1 amide bonds. The molecule has 0 bridgehead atoms. The highest BCUT2D eigenvalue weighted by molar-refractivity contribution is 5.76.